The van der Waals surface area contributed by atoms with Crippen LogP contribution in [0.5, 0.6) is 0 Å². The predicted molar refractivity (Wildman–Crippen MR) is 101 cm³/mol. The van der Waals surface area contributed by atoms with Gasteiger partial charge < -0.3 is 10.2 Å². The average Bonchev–Trinajstić information content (AvgIpc) is 3.15. The summed E-state index contributed by atoms with van der Waals surface area (Å²) in [4.78, 5) is 26.7. The molecule has 144 valence electrons. The van der Waals surface area contributed by atoms with E-state index in [0.717, 1.165) is 0 Å². The van der Waals surface area contributed by atoms with Crippen LogP contribution in [0.4, 0.5) is 10.1 Å². The highest BCUT2D eigenvalue weighted by Gasteiger charge is 2.32. The molecular formula is C20H25FN4O2. The van der Waals surface area contributed by atoms with E-state index < -0.39 is 11.2 Å². The largest absolute Gasteiger partial charge is 0.342 e. The molecule has 0 spiro atoms. The molecule has 2 heterocycles. The van der Waals surface area contributed by atoms with E-state index in [-0.39, 0.29) is 17.7 Å². The van der Waals surface area contributed by atoms with Crippen LogP contribution in [0.25, 0.3) is 5.69 Å². The SMILES string of the molecule is CC(C)(C)C(=O)N1CCC(C(=O)Nc2ccc(-n3cccn3)c(F)c2)CC1. The van der Waals surface area contributed by atoms with Crippen LogP contribution in [-0.2, 0) is 9.59 Å². The number of nitrogens with zero attached hydrogens (tertiary/aromatic N) is 3. The fourth-order valence-corrected chi connectivity index (χ4v) is 3.25. The van der Waals surface area contributed by atoms with Crippen LogP contribution in [0.1, 0.15) is 33.6 Å². The summed E-state index contributed by atoms with van der Waals surface area (Å²) >= 11 is 0. The van der Waals surface area contributed by atoms with E-state index in [1.54, 1.807) is 30.6 Å². The number of nitrogens with one attached hydrogen (secondary N) is 1. The van der Waals surface area contributed by atoms with Gasteiger partial charge in [-0.05, 0) is 37.1 Å². The number of halogens is 1. The van der Waals surface area contributed by atoms with Crippen molar-refractivity contribution in [2.75, 3.05) is 18.4 Å². The third-order valence-corrected chi connectivity index (χ3v) is 4.76. The van der Waals surface area contributed by atoms with Crippen molar-refractivity contribution in [2.45, 2.75) is 33.6 Å². The number of hydrogen-bond donors (Lipinski definition) is 1. The standard InChI is InChI=1S/C20H25FN4O2/c1-20(2,3)19(27)24-11-7-14(8-12-24)18(26)23-15-5-6-17(16(21)13-15)25-10-4-9-22-25/h4-6,9-10,13-14H,7-8,11-12H2,1-3H3,(H,23,26). The van der Waals surface area contributed by atoms with Crippen molar-refractivity contribution in [2.24, 2.45) is 11.3 Å². The number of likely N-dealkylation sites (tertiary alicyclic amines) is 1. The van der Waals surface area contributed by atoms with Gasteiger partial charge in [0.2, 0.25) is 11.8 Å². The van der Waals surface area contributed by atoms with Gasteiger partial charge in [-0.25, -0.2) is 9.07 Å². The number of aromatic nitrogens is 2. The summed E-state index contributed by atoms with van der Waals surface area (Å²) < 4.78 is 15.7. The molecule has 1 aliphatic rings. The topological polar surface area (TPSA) is 67.2 Å². The molecule has 0 aliphatic carbocycles. The number of piperidine rings is 1. The highest BCUT2D eigenvalue weighted by atomic mass is 19.1. The number of hydrogen-bond acceptors (Lipinski definition) is 3. The van der Waals surface area contributed by atoms with Crippen LogP contribution in [0, 0.1) is 17.2 Å². The number of carbonyl (C=O) groups is 2. The second-order valence-electron chi connectivity index (χ2n) is 7.92. The monoisotopic (exact) mass is 372 g/mol. The average molecular weight is 372 g/mol. The molecule has 0 bridgehead atoms. The Morgan fingerprint density at radius 2 is 1.93 bits per heavy atom. The van der Waals surface area contributed by atoms with Crippen LogP contribution in [0.15, 0.2) is 36.7 Å². The molecule has 1 aromatic heterocycles. The second kappa shape index (κ2) is 7.50. The van der Waals surface area contributed by atoms with E-state index in [4.69, 9.17) is 0 Å². The highest BCUT2D eigenvalue weighted by Crippen LogP contribution is 2.25. The van der Waals surface area contributed by atoms with Gasteiger partial charge in [0.15, 0.2) is 5.82 Å². The van der Waals surface area contributed by atoms with Gasteiger partial charge in [0, 0.05) is 42.5 Å². The first-order valence-corrected chi connectivity index (χ1v) is 9.15. The van der Waals surface area contributed by atoms with E-state index in [2.05, 4.69) is 10.4 Å². The van der Waals surface area contributed by atoms with Crippen LogP contribution in [-0.4, -0.2) is 39.6 Å². The van der Waals surface area contributed by atoms with E-state index in [1.807, 2.05) is 25.7 Å². The lowest BCUT2D eigenvalue weighted by atomic mass is 9.90. The Balaban J connectivity index is 1.59. The normalized spacial score (nSPS) is 15.6. The fourth-order valence-electron chi connectivity index (χ4n) is 3.25. The molecule has 2 aromatic rings. The minimum absolute atomic E-state index is 0.109. The molecule has 1 saturated heterocycles. The second-order valence-corrected chi connectivity index (χ2v) is 7.92. The van der Waals surface area contributed by atoms with Crippen molar-refractivity contribution < 1.29 is 14.0 Å². The Labute approximate surface area is 158 Å². The van der Waals surface area contributed by atoms with Crippen LogP contribution >= 0.6 is 0 Å². The lowest BCUT2D eigenvalue weighted by Crippen LogP contribution is -2.45. The van der Waals surface area contributed by atoms with Gasteiger partial charge in [-0.3, -0.25) is 9.59 Å². The Morgan fingerprint density at radius 1 is 1.22 bits per heavy atom. The number of rotatable bonds is 3. The van der Waals surface area contributed by atoms with E-state index >= 15 is 0 Å². The minimum Gasteiger partial charge on any atom is -0.342 e. The zero-order valence-corrected chi connectivity index (χ0v) is 15.9. The van der Waals surface area contributed by atoms with Gasteiger partial charge in [0.25, 0.3) is 0 Å². The molecule has 1 aliphatic heterocycles. The molecule has 0 unspecified atom stereocenters. The summed E-state index contributed by atoms with van der Waals surface area (Å²) in [5.74, 6) is -0.660. The van der Waals surface area contributed by atoms with Crippen molar-refractivity contribution in [1.29, 1.82) is 0 Å². The van der Waals surface area contributed by atoms with Gasteiger partial charge >= 0.3 is 0 Å². The molecule has 1 N–H and O–H groups in total. The lowest BCUT2D eigenvalue weighted by molar-refractivity contribution is -0.142. The maximum Gasteiger partial charge on any atom is 0.227 e. The van der Waals surface area contributed by atoms with Crippen LogP contribution in [0.3, 0.4) is 0 Å². The first-order chi connectivity index (χ1) is 12.8. The van der Waals surface area contributed by atoms with Crippen molar-refractivity contribution in [3.05, 3.63) is 42.5 Å². The molecule has 3 rings (SSSR count). The number of anilines is 1. The summed E-state index contributed by atoms with van der Waals surface area (Å²) in [6.45, 7) is 6.84. The number of benzene rings is 1. The number of amides is 2. The summed E-state index contributed by atoms with van der Waals surface area (Å²) in [7, 11) is 0. The minimum atomic E-state index is -0.456. The van der Waals surface area contributed by atoms with Crippen molar-refractivity contribution in [3.63, 3.8) is 0 Å². The van der Waals surface area contributed by atoms with E-state index in [0.29, 0.717) is 37.3 Å². The van der Waals surface area contributed by atoms with Crippen molar-refractivity contribution in [1.82, 2.24) is 14.7 Å². The maximum absolute atomic E-state index is 14.3. The van der Waals surface area contributed by atoms with Gasteiger partial charge in [-0.2, -0.15) is 5.10 Å². The predicted octanol–water partition coefficient (Wildman–Crippen LogP) is 3.23. The zero-order valence-electron chi connectivity index (χ0n) is 15.9. The van der Waals surface area contributed by atoms with Crippen molar-refractivity contribution in [3.8, 4) is 5.69 Å². The van der Waals surface area contributed by atoms with Gasteiger partial charge in [-0.15, -0.1) is 0 Å². The molecule has 2 amide bonds. The third kappa shape index (κ3) is 4.35. The Kier molecular flexibility index (Phi) is 5.30. The Hall–Kier alpha value is -2.70. The number of carbonyl (C=O) groups excluding carboxylic acids is 2. The van der Waals surface area contributed by atoms with Gasteiger partial charge in [0.1, 0.15) is 5.69 Å². The summed E-state index contributed by atoms with van der Waals surface area (Å²) in [5.41, 5.74) is 0.330. The van der Waals surface area contributed by atoms with E-state index in [1.165, 1.54) is 10.7 Å². The van der Waals surface area contributed by atoms with Crippen LogP contribution in [0.2, 0.25) is 0 Å². The molecule has 1 fully saturated rings. The molecule has 7 heteroatoms. The molecule has 27 heavy (non-hydrogen) atoms. The zero-order chi connectivity index (χ0) is 19.6. The van der Waals surface area contributed by atoms with Crippen LogP contribution < -0.4 is 5.32 Å². The molecular weight excluding hydrogens is 347 g/mol. The Morgan fingerprint density at radius 3 is 2.48 bits per heavy atom. The highest BCUT2D eigenvalue weighted by molar-refractivity contribution is 5.93. The molecule has 0 atom stereocenters. The molecule has 0 saturated carbocycles. The lowest BCUT2D eigenvalue weighted by Gasteiger charge is -2.35. The van der Waals surface area contributed by atoms with Crippen molar-refractivity contribution >= 4 is 17.5 Å². The summed E-state index contributed by atoms with van der Waals surface area (Å²) in [6, 6.07) is 6.26. The smallest absolute Gasteiger partial charge is 0.227 e. The summed E-state index contributed by atoms with van der Waals surface area (Å²) in [5, 5.41) is 6.79. The van der Waals surface area contributed by atoms with E-state index in [9.17, 15) is 14.0 Å². The first kappa shape index (κ1) is 19.1. The first-order valence-electron chi connectivity index (χ1n) is 9.15. The molecule has 6 nitrogen and oxygen atoms in total. The Bertz CT molecular complexity index is 819. The maximum atomic E-state index is 14.3. The third-order valence-electron chi connectivity index (χ3n) is 4.76. The molecule has 1 aromatic carbocycles. The fraction of sp³-hybridized carbons (Fsp3) is 0.450. The quantitative estimate of drug-likeness (QED) is 0.899. The van der Waals surface area contributed by atoms with Gasteiger partial charge in [-0.1, -0.05) is 20.8 Å². The summed E-state index contributed by atoms with van der Waals surface area (Å²) in [6.07, 6.45) is 4.46. The molecule has 0 radical (unpaired) electrons. The van der Waals surface area contributed by atoms with Gasteiger partial charge in [0.05, 0.1) is 0 Å².